The van der Waals surface area contributed by atoms with E-state index in [1.165, 1.54) is 51.7 Å². The van der Waals surface area contributed by atoms with Gasteiger partial charge >= 0.3 is 0 Å². The number of nitrogens with one attached hydrogen (secondary N) is 1. The number of likely N-dealkylation sites (tertiary alicyclic amines) is 2. The summed E-state index contributed by atoms with van der Waals surface area (Å²) < 4.78 is 0. The Kier molecular flexibility index (Phi) is 4.13. The van der Waals surface area contributed by atoms with Crippen molar-refractivity contribution in [1.82, 2.24) is 15.1 Å². The van der Waals surface area contributed by atoms with Crippen LogP contribution in [0.1, 0.15) is 46.0 Å². The van der Waals surface area contributed by atoms with Gasteiger partial charge in [-0.05, 0) is 64.1 Å². The van der Waals surface area contributed by atoms with Crippen molar-refractivity contribution < 1.29 is 0 Å². The summed E-state index contributed by atoms with van der Waals surface area (Å²) in [5, 5.41) is 3.63. The van der Waals surface area contributed by atoms with Crippen molar-refractivity contribution in [2.75, 3.05) is 33.7 Å². The van der Waals surface area contributed by atoms with Gasteiger partial charge in [0.2, 0.25) is 0 Å². The molecular formula is C17H33N3. The smallest absolute Gasteiger partial charge is 0.0271 e. The number of fused-ring (bicyclic) bond motifs is 1. The minimum absolute atomic E-state index is 0.458. The van der Waals surface area contributed by atoms with Crippen LogP contribution >= 0.6 is 0 Å². The van der Waals surface area contributed by atoms with Crippen molar-refractivity contribution in [1.29, 1.82) is 0 Å². The highest BCUT2D eigenvalue weighted by Gasteiger charge is 2.45. The minimum Gasteiger partial charge on any atom is -0.315 e. The molecule has 3 heteroatoms. The molecule has 1 aliphatic carbocycles. The molecule has 1 saturated carbocycles. The quantitative estimate of drug-likeness (QED) is 0.836. The molecular weight excluding hydrogens is 246 g/mol. The second-order valence-electron chi connectivity index (χ2n) is 8.09. The van der Waals surface area contributed by atoms with Gasteiger partial charge in [0.25, 0.3) is 0 Å². The van der Waals surface area contributed by atoms with Crippen molar-refractivity contribution in [2.24, 2.45) is 11.3 Å². The summed E-state index contributed by atoms with van der Waals surface area (Å²) in [4.78, 5) is 5.45. The summed E-state index contributed by atoms with van der Waals surface area (Å²) in [5.74, 6) is 0.920. The first kappa shape index (κ1) is 14.8. The SMILES string of the molecule is CNC1C(N2CCC3C(CCCN3C)C2)CCC1(C)C. The molecule has 0 amide bonds. The Morgan fingerprint density at radius 3 is 2.60 bits per heavy atom. The molecule has 2 heterocycles. The highest BCUT2D eigenvalue weighted by molar-refractivity contribution is 5.02. The van der Waals surface area contributed by atoms with E-state index in [1.807, 2.05) is 0 Å². The molecule has 3 aliphatic rings. The van der Waals surface area contributed by atoms with E-state index in [0.717, 1.165) is 18.0 Å². The Morgan fingerprint density at radius 2 is 1.85 bits per heavy atom. The monoisotopic (exact) mass is 279 g/mol. The molecule has 0 aromatic heterocycles. The summed E-state index contributed by atoms with van der Waals surface area (Å²) in [6.07, 6.45) is 6.98. The Balaban J connectivity index is 1.67. The number of nitrogens with zero attached hydrogens (tertiary/aromatic N) is 2. The summed E-state index contributed by atoms with van der Waals surface area (Å²) in [7, 11) is 4.49. The van der Waals surface area contributed by atoms with Gasteiger partial charge in [-0.1, -0.05) is 13.8 Å². The lowest BCUT2D eigenvalue weighted by Crippen LogP contribution is -2.58. The second-order valence-corrected chi connectivity index (χ2v) is 8.09. The molecule has 0 radical (unpaired) electrons. The lowest BCUT2D eigenvalue weighted by atomic mass is 9.82. The van der Waals surface area contributed by atoms with Gasteiger partial charge in [-0.2, -0.15) is 0 Å². The van der Waals surface area contributed by atoms with Gasteiger partial charge in [0, 0.05) is 31.2 Å². The van der Waals surface area contributed by atoms with Crippen LogP contribution in [-0.2, 0) is 0 Å². The summed E-state index contributed by atoms with van der Waals surface area (Å²) in [6.45, 7) is 8.85. The fourth-order valence-electron chi connectivity index (χ4n) is 5.32. The van der Waals surface area contributed by atoms with E-state index in [1.54, 1.807) is 0 Å². The highest BCUT2D eigenvalue weighted by Crippen LogP contribution is 2.41. The van der Waals surface area contributed by atoms with Gasteiger partial charge in [0.05, 0.1) is 0 Å². The van der Waals surface area contributed by atoms with Crippen molar-refractivity contribution >= 4 is 0 Å². The molecule has 1 N–H and O–H groups in total. The average Bonchev–Trinajstić information content (AvgIpc) is 2.73. The zero-order valence-corrected chi connectivity index (χ0v) is 13.9. The van der Waals surface area contributed by atoms with Crippen LogP contribution in [0.2, 0.25) is 0 Å². The van der Waals surface area contributed by atoms with Crippen LogP contribution in [0.5, 0.6) is 0 Å². The first-order valence-corrected chi connectivity index (χ1v) is 8.64. The van der Waals surface area contributed by atoms with Crippen molar-refractivity contribution in [2.45, 2.75) is 64.1 Å². The van der Waals surface area contributed by atoms with Gasteiger partial charge < -0.3 is 10.2 Å². The minimum atomic E-state index is 0.458. The number of hydrogen-bond acceptors (Lipinski definition) is 3. The van der Waals surface area contributed by atoms with E-state index in [2.05, 4.69) is 43.1 Å². The molecule has 0 bridgehead atoms. The number of piperidine rings is 2. The molecule has 3 nitrogen and oxygen atoms in total. The van der Waals surface area contributed by atoms with Gasteiger partial charge in [-0.3, -0.25) is 4.90 Å². The van der Waals surface area contributed by atoms with Gasteiger partial charge in [0.15, 0.2) is 0 Å². The third-order valence-electron chi connectivity index (χ3n) is 6.47. The van der Waals surface area contributed by atoms with Crippen LogP contribution in [0, 0.1) is 11.3 Å². The molecule has 116 valence electrons. The number of rotatable bonds is 2. The predicted molar refractivity (Wildman–Crippen MR) is 85.0 cm³/mol. The van der Waals surface area contributed by atoms with E-state index in [4.69, 9.17) is 0 Å². The van der Waals surface area contributed by atoms with Crippen molar-refractivity contribution in [3.05, 3.63) is 0 Å². The topological polar surface area (TPSA) is 18.5 Å². The van der Waals surface area contributed by atoms with Crippen molar-refractivity contribution in [3.8, 4) is 0 Å². The molecule has 0 aromatic carbocycles. The Hall–Kier alpha value is -0.120. The molecule has 4 unspecified atom stereocenters. The molecule has 0 spiro atoms. The third kappa shape index (κ3) is 2.53. The zero-order valence-electron chi connectivity index (χ0n) is 13.9. The second kappa shape index (κ2) is 5.58. The van der Waals surface area contributed by atoms with Crippen molar-refractivity contribution in [3.63, 3.8) is 0 Å². The van der Waals surface area contributed by atoms with Crippen LogP contribution in [-0.4, -0.2) is 61.7 Å². The summed E-state index contributed by atoms with van der Waals surface area (Å²) in [5.41, 5.74) is 0.458. The predicted octanol–water partition coefficient (Wildman–Crippen LogP) is 2.18. The molecule has 2 aliphatic heterocycles. The largest absolute Gasteiger partial charge is 0.315 e. The van der Waals surface area contributed by atoms with E-state index < -0.39 is 0 Å². The van der Waals surface area contributed by atoms with Gasteiger partial charge in [-0.25, -0.2) is 0 Å². The van der Waals surface area contributed by atoms with Crippen LogP contribution in [0.4, 0.5) is 0 Å². The fraction of sp³-hybridized carbons (Fsp3) is 1.00. The molecule has 0 aromatic rings. The summed E-state index contributed by atoms with van der Waals surface area (Å²) in [6, 6.07) is 2.30. The van der Waals surface area contributed by atoms with Crippen LogP contribution < -0.4 is 5.32 Å². The van der Waals surface area contributed by atoms with E-state index in [9.17, 15) is 0 Å². The Labute approximate surface area is 125 Å². The molecule has 3 fully saturated rings. The number of hydrogen-bond donors (Lipinski definition) is 1. The molecule has 20 heavy (non-hydrogen) atoms. The first-order valence-electron chi connectivity index (χ1n) is 8.64. The van der Waals surface area contributed by atoms with Gasteiger partial charge in [0.1, 0.15) is 0 Å². The lowest BCUT2D eigenvalue weighted by Gasteiger charge is -2.49. The Bertz CT molecular complexity index is 341. The third-order valence-corrected chi connectivity index (χ3v) is 6.47. The summed E-state index contributed by atoms with van der Waals surface area (Å²) >= 11 is 0. The standard InChI is InChI=1S/C17H33N3/c1-17(2)9-7-15(16(17)18-3)20-11-8-14-13(12-20)6-5-10-19(14)4/h13-16,18H,5-12H2,1-4H3. The zero-order chi connectivity index (χ0) is 14.3. The highest BCUT2D eigenvalue weighted by atomic mass is 15.2. The van der Waals surface area contributed by atoms with Gasteiger partial charge in [-0.15, -0.1) is 0 Å². The Morgan fingerprint density at radius 1 is 1.05 bits per heavy atom. The maximum atomic E-state index is 3.63. The normalized spacial score (nSPS) is 42.6. The van der Waals surface area contributed by atoms with E-state index in [-0.39, 0.29) is 0 Å². The average molecular weight is 279 g/mol. The molecule has 4 atom stereocenters. The van der Waals surface area contributed by atoms with E-state index >= 15 is 0 Å². The van der Waals surface area contributed by atoms with Crippen LogP contribution in [0.25, 0.3) is 0 Å². The number of likely N-dealkylation sites (N-methyl/N-ethyl adjacent to an activating group) is 1. The fourth-order valence-corrected chi connectivity index (χ4v) is 5.32. The van der Waals surface area contributed by atoms with E-state index in [0.29, 0.717) is 11.5 Å². The maximum Gasteiger partial charge on any atom is 0.0271 e. The molecule has 2 saturated heterocycles. The molecule has 3 rings (SSSR count). The first-order chi connectivity index (χ1) is 9.53. The van der Waals surface area contributed by atoms with Crippen LogP contribution in [0.15, 0.2) is 0 Å². The lowest BCUT2D eigenvalue weighted by molar-refractivity contribution is 0.0128. The maximum absolute atomic E-state index is 3.63. The van der Waals surface area contributed by atoms with Crippen LogP contribution in [0.3, 0.4) is 0 Å².